The molecule has 1 atom stereocenters. The maximum Gasteiger partial charge on any atom is 0.231 e. The third-order valence-electron chi connectivity index (χ3n) is 2.02. The van der Waals surface area contributed by atoms with Gasteiger partial charge in [-0.05, 0) is 24.3 Å². The first-order valence-electron chi connectivity index (χ1n) is 4.59. The number of rotatable bonds is 2. The third-order valence-corrected chi connectivity index (χ3v) is 2.32. The summed E-state index contributed by atoms with van der Waals surface area (Å²) in [6.45, 7) is 0. The predicted molar refractivity (Wildman–Crippen MR) is 63.8 cm³/mol. The second kappa shape index (κ2) is 4.42. The van der Waals surface area contributed by atoms with Gasteiger partial charge in [-0.15, -0.1) is 12.6 Å². The molecule has 84 valence electrons. The van der Waals surface area contributed by atoms with E-state index < -0.39 is 6.29 Å². The molecule has 1 aliphatic heterocycles. The Hall–Kier alpha value is -1.73. The number of hydrogen-bond acceptors (Lipinski definition) is 6. The molecule has 1 heterocycles. The van der Waals surface area contributed by atoms with E-state index in [4.69, 9.17) is 5.73 Å². The van der Waals surface area contributed by atoms with Gasteiger partial charge in [0.05, 0.1) is 0 Å². The number of hydrogen-bond donors (Lipinski definition) is 4. The summed E-state index contributed by atoms with van der Waals surface area (Å²) in [5.74, 6) is 0.437. The van der Waals surface area contributed by atoms with Crippen LogP contribution in [-0.4, -0.2) is 23.7 Å². The molecule has 7 heteroatoms. The minimum absolute atomic E-state index is 0.437. The number of carbonyl (C=O) groups is 1. The Morgan fingerprint density at radius 1 is 1.50 bits per heavy atom. The van der Waals surface area contributed by atoms with Crippen molar-refractivity contribution < 1.29 is 4.79 Å². The van der Waals surface area contributed by atoms with E-state index in [-0.39, 0.29) is 0 Å². The SMILES string of the molecule is NC1N=C(Nc2ccc(S)cc2)NN1C=O. The number of guanidine groups is 1. The van der Waals surface area contributed by atoms with Gasteiger partial charge in [-0.2, -0.15) is 0 Å². The first-order chi connectivity index (χ1) is 7.69. The van der Waals surface area contributed by atoms with E-state index in [9.17, 15) is 4.79 Å². The van der Waals surface area contributed by atoms with E-state index in [0.717, 1.165) is 15.6 Å². The highest BCUT2D eigenvalue weighted by Crippen LogP contribution is 2.12. The number of thiol groups is 1. The van der Waals surface area contributed by atoms with Crippen molar-refractivity contribution in [3.63, 3.8) is 0 Å². The summed E-state index contributed by atoms with van der Waals surface area (Å²) in [6.07, 6.45) is -0.108. The van der Waals surface area contributed by atoms with Crippen LogP contribution in [0, 0.1) is 0 Å². The molecule has 0 fully saturated rings. The van der Waals surface area contributed by atoms with Crippen molar-refractivity contribution in [2.45, 2.75) is 11.2 Å². The molecule has 1 aromatic rings. The lowest BCUT2D eigenvalue weighted by Crippen LogP contribution is -2.45. The van der Waals surface area contributed by atoms with E-state index in [1.807, 2.05) is 24.3 Å². The van der Waals surface area contributed by atoms with Gasteiger partial charge < -0.3 is 5.32 Å². The molecule has 0 radical (unpaired) electrons. The third kappa shape index (κ3) is 2.26. The fourth-order valence-corrected chi connectivity index (χ4v) is 1.39. The van der Waals surface area contributed by atoms with Gasteiger partial charge >= 0.3 is 0 Å². The minimum atomic E-state index is -0.691. The highest BCUT2D eigenvalue weighted by atomic mass is 32.1. The maximum absolute atomic E-state index is 10.5. The molecule has 0 saturated heterocycles. The van der Waals surface area contributed by atoms with E-state index in [1.54, 1.807) is 0 Å². The molecule has 1 amide bonds. The van der Waals surface area contributed by atoms with Gasteiger partial charge in [0.1, 0.15) is 0 Å². The molecule has 0 spiro atoms. The molecule has 16 heavy (non-hydrogen) atoms. The van der Waals surface area contributed by atoms with Crippen molar-refractivity contribution in [2.75, 3.05) is 5.32 Å². The zero-order chi connectivity index (χ0) is 11.5. The van der Waals surface area contributed by atoms with Gasteiger partial charge in [0.15, 0.2) is 6.29 Å². The number of anilines is 1. The Balaban J connectivity index is 2.04. The second-order valence-corrected chi connectivity index (χ2v) is 3.70. The number of amides is 1. The summed E-state index contributed by atoms with van der Waals surface area (Å²) in [7, 11) is 0. The Bertz CT molecular complexity index is 418. The highest BCUT2D eigenvalue weighted by molar-refractivity contribution is 7.80. The Labute approximate surface area is 97.9 Å². The molecule has 6 nitrogen and oxygen atoms in total. The number of nitrogens with one attached hydrogen (secondary N) is 2. The quantitative estimate of drug-likeness (QED) is 0.430. The van der Waals surface area contributed by atoms with Crippen LogP contribution in [0.1, 0.15) is 0 Å². The monoisotopic (exact) mass is 237 g/mol. The van der Waals surface area contributed by atoms with E-state index >= 15 is 0 Å². The van der Waals surface area contributed by atoms with Crippen molar-refractivity contribution in [2.24, 2.45) is 10.7 Å². The predicted octanol–water partition coefficient (Wildman–Crippen LogP) is -0.0379. The standard InChI is InChI=1S/C9H11N5OS/c10-8-12-9(13-14(8)5-15)11-6-1-3-7(16)4-2-6/h1-5,8,16H,10H2,(H2,11,12,13). The fourth-order valence-electron chi connectivity index (χ4n) is 1.24. The van der Waals surface area contributed by atoms with Crippen LogP contribution in [-0.2, 0) is 4.79 Å². The van der Waals surface area contributed by atoms with Crippen molar-refractivity contribution in [3.05, 3.63) is 24.3 Å². The smallest absolute Gasteiger partial charge is 0.231 e. The van der Waals surface area contributed by atoms with Crippen LogP contribution in [0.3, 0.4) is 0 Å². The summed E-state index contributed by atoms with van der Waals surface area (Å²) < 4.78 is 0. The minimum Gasteiger partial charge on any atom is -0.325 e. The Kier molecular flexibility index (Phi) is 2.97. The molecular formula is C9H11N5OS. The summed E-state index contributed by atoms with van der Waals surface area (Å²) in [5.41, 5.74) is 9.10. The molecule has 4 N–H and O–H groups in total. The molecule has 1 unspecified atom stereocenters. The lowest BCUT2D eigenvalue weighted by atomic mass is 10.3. The van der Waals surface area contributed by atoms with Gasteiger partial charge in [0.2, 0.25) is 12.4 Å². The Morgan fingerprint density at radius 3 is 2.75 bits per heavy atom. The van der Waals surface area contributed by atoms with E-state index in [1.165, 1.54) is 0 Å². The molecule has 0 aromatic heterocycles. The number of carbonyl (C=O) groups excluding carboxylic acids is 1. The zero-order valence-corrected chi connectivity index (χ0v) is 9.19. The lowest BCUT2D eigenvalue weighted by Gasteiger charge is -2.13. The molecule has 0 bridgehead atoms. The lowest BCUT2D eigenvalue weighted by molar-refractivity contribution is -0.121. The zero-order valence-electron chi connectivity index (χ0n) is 8.29. The normalized spacial score (nSPS) is 19.0. The van der Waals surface area contributed by atoms with E-state index in [0.29, 0.717) is 12.4 Å². The summed E-state index contributed by atoms with van der Waals surface area (Å²) >= 11 is 4.18. The average molecular weight is 237 g/mol. The molecule has 0 aliphatic carbocycles. The van der Waals surface area contributed by atoms with Crippen molar-refractivity contribution >= 4 is 30.7 Å². The summed E-state index contributed by atoms with van der Waals surface area (Å²) in [5, 5.41) is 4.15. The largest absolute Gasteiger partial charge is 0.325 e. The summed E-state index contributed by atoms with van der Waals surface area (Å²) in [4.78, 5) is 15.4. The highest BCUT2D eigenvalue weighted by Gasteiger charge is 2.20. The van der Waals surface area contributed by atoms with E-state index in [2.05, 4.69) is 28.4 Å². The summed E-state index contributed by atoms with van der Waals surface area (Å²) in [6, 6.07) is 7.39. The average Bonchev–Trinajstić information content (AvgIpc) is 2.62. The van der Waals surface area contributed by atoms with Gasteiger partial charge in [0, 0.05) is 10.6 Å². The molecule has 0 saturated carbocycles. The number of hydrazine groups is 1. The van der Waals surface area contributed by atoms with Crippen LogP contribution in [0.25, 0.3) is 0 Å². The van der Waals surface area contributed by atoms with Crippen LogP contribution in [0.2, 0.25) is 0 Å². The number of nitrogens with two attached hydrogens (primary N) is 1. The van der Waals surface area contributed by atoms with Crippen LogP contribution in [0.4, 0.5) is 5.69 Å². The van der Waals surface area contributed by atoms with Gasteiger partial charge in [-0.3, -0.25) is 16.0 Å². The van der Waals surface area contributed by atoms with Crippen molar-refractivity contribution in [1.82, 2.24) is 10.4 Å². The second-order valence-electron chi connectivity index (χ2n) is 3.19. The topological polar surface area (TPSA) is 82.8 Å². The molecule has 1 aliphatic rings. The Morgan fingerprint density at radius 2 is 2.19 bits per heavy atom. The first kappa shape index (κ1) is 10.8. The van der Waals surface area contributed by atoms with Crippen LogP contribution in [0.15, 0.2) is 34.2 Å². The van der Waals surface area contributed by atoms with Gasteiger partial charge in [-0.25, -0.2) is 10.0 Å². The molecular weight excluding hydrogens is 226 g/mol. The number of benzene rings is 1. The van der Waals surface area contributed by atoms with Gasteiger partial charge in [0.25, 0.3) is 0 Å². The van der Waals surface area contributed by atoms with Crippen molar-refractivity contribution in [1.29, 1.82) is 0 Å². The maximum atomic E-state index is 10.5. The fraction of sp³-hybridized carbons (Fsp3) is 0.111. The molecule has 1 aromatic carbocycles. The number of aliphatic imine (C=N–C) groups is 1. The van der Waals surface area contributed by atoms with Crippen LogP contribution >= 0.6 is 12.6 Å². The van der Waals surface area contributed by atoms with Gasteiger partial charge in [-0.1, -0.05) is 0 Å². The molecule has 2 rings (SSSR count). The van der Waals surface area contributed by atoms with Crippen molar-refractivity contribution in [3.8, 4) is 0 Å². The van der Waals surface area contributed by atoms with Crippen LogP contribution in [0.5, 0.6) is 0 Å². The van der Waals surface area contributed by atoms with Crippen LogP contribution < -0.4 is 16.5 Å². The number of nitrogens with zero attached hydrogens (tertiary/aromatic N) is 2. The first-order valence-corrected chi connectivity index (χ1v) is 5.03.